The summed E-state index contributed by atoms with van der Waals surface area (Å²) in [7, 11) is 1.62. The average Bonchev–Trinajstić information content (AvgIpc) is 3.41. The number of hydrogen-bond donors (Lipinski definition) is 1. The summed E-state index contributed by atoms with van der Waals surface area (Å²) in [5, 5.41) is 13.4. The van der Waals surface area contributed by atoms with E-state index < -0.39 is 0 Å². The largest absolute Gasteiger partial charge is 0.494 e. The Balaban J connectivity index is 1.44. The Kier molecular flexibility index (Phi) is 4.59. The third-order valence-corrected chi connectivity index (χ3v) is 7.08. The highest BCUT2D eigenvalue weighted by Crippen LogP contribution is 2.35. The molecular formula is C19H18N6O2S2. The van der Waals surface area contributed by atoms with Crippen molar-refractivity contribution < 1.29 is 4.74 Å². The topological polar surface area (TPSA) is 98.6 Å². The first-order valence-electron chi connectivity index (χ1n) is 9.23. The Bertz CT molecular complexity index is 1280. The van der Waals surface area contributed by atoms with Crippen molar-refractivity contribution in [2.24, 2.45) is 0 Å². The number of thiophene rings is 1. The van der Waals surface area contributed by atoms with Crippen LogP contribution in [0.1, 0.15) is 28.2 Å². The number of aromatic nitrogens is 6. The molecule has 148 valence electrons. The van der Waals surface area contributed by atoms with Crippen molar-refractivity contribution in [2.45, 2.75) is 37.1 Å². The van der Waals surface area contributed by atoms with Gasteiger partial charge in [-0.15, -0.1) is 16.4 Å². The summed E-state index contributed by atoms with van der Waals surface area (Å²) in [5.74, 6) is 1.77. The van der Waals surface area contributed by atoms with Gasteiger partial charge in [0.15, 0.2) is 0 Å². The van der Waals surface area contributed by atoms with Crippen molar-refractivity contribution >= 4 is 33.3 Å². The van der Waals surface area contributed by atoms with Gasteiger partial charge < -0.3 is 9.72 Å². The Morgan fingerprint density at radius 3 is 3.10 bits per heavy atom. The number of aryl methyl sites for hydroxylation is 3. The molecule has 0 bridgehead atoms. The number of fused-ring (bicyclic) bond motifs is 3. The predicted octanol–water partition coefficient (Wildman–Crippen LogP) is 3.06. The minimum Gasteiger partial charge on any atom is -0.494 e. The molecule has 3 heterocycles. The highest BCUT2D eigenvalue weighted by molar-refractivity contribution is 7.98. The van der Waals surface area contributed by atoms with Gasteiger partial charge in [-0.2, -0.15) is 4.68 Å². The zero-order valence-electron chi connectivity index (χ0n) is 15.9. The number of methoxy groups -OCH3 is 1. The molecule has 5 rings (SSSR count). The van der Waals surface area contributed by atoms with Crippen LogP contribution in [0.4, 0.5) is 0 Å². The normalized spacial score (nSPS) is 13.2. The van der Waals surface area contributed by atoms with E-state index in [1.807, 2.05) is 25.1 Å². The number of H-pyrrole nitrogens is 1. The second-order valence-electron chi connectivity index (χ2n) is 6.89. The molecule has 0 unspecified atom stereocenters. The molecule has 1 aromatic carbocycles. The predicted molar refractivity (Wildman–Crippen MR) is 112 cm³/mol. The number of hydrogen-bond acceptors (Lipinski definition) is 8. The van der Waals surface area contributed by atoms with Gasteiger partial charge in [0.1, 0.15) is 22.1 Å². The molecule has 1 aliphatic carbocycles. The minimum atomic E-state index is -0.0510. The maximum absolute atomic E-state index is 12.6. The molecule has 0 spiro atoms. The van der Waals surface area contributed by atoms with E-state index in [1.165, 1.54) is 22.2 Å². The number of rotatable bonds is 5. The van der Waals surface area contributed by atoms with Gasteiger partial charge in [-0.25, -0.2) is 4.98 Å². The van der Waals surface area contributed by atoms with E-state index in [4.69, 9.17) is 4.74 Å². The lowest BCUT2D eigenvalue weighted by molar-refractivity contribution is 0.410. The lowest BCUT2D eigenvalue weighted by Gasteiger charge is -2.10. The van der Waals surface area contributed by atoms with Crippen LogP contribution in [0.5, 0.6) is 5.75 Å². The quantitative estimate of drug-likeness (QED) is 0.490. The maximum Gasteiger partial charge on any atom is 0.259 e. The van der Waals surface area contributed by atoms with Crippen LogP contribution < -0.4 is 10.3 Å². The highest BCUT2D eigenvalue weighted by Gasteiger charge is 2.21. The molecule has 1 N–H and O–H groups in total. The molecule has 0 amide bonds. The summed E-state index contributed by atoms with van der Waals surface area (Å²) in [5.41, 5.74) is 2.99. The minimum absolute atomic E-state index is 0.0510. The monoisotopic (exact) mass is 426 g/mol. The molecule has 29 heavy (non-hydrogen) atoms. The molecule has 10 heteroatoms. The summed E-state index contributed by atoms with van der Waals surface area (Å²) >= 11 is 3.06. The molecule has 4 aromatic rings. The molecule has 0 fully saturated rings. The zero-order chi connectivity index (χ0) is 20.0. The Labute approximate surface area is 174 Å². The van der Waals surface area contributed by atoms with Crippen molar-refractivity contribution in [3.8, 4) is 11.4 Å². The van der Waals surface area contributed by atoms with Crippen LogP contribution in [0.2, 0.25) is 0 Å². The number of nitrogens with zero attached hydrogens (tertiary/aromatic N) is 5. The number of tetrazole rings is 1. The van der Waals surface area contributed by atoms with Crippen LogP contribution >= 0.6 is 23.1 Å². The van der Waals surface area contributed by atoms with E-state index in [-0.39, 0.29) is 5.56 Å². The molecule has 1 aliphatic rings. The first-order valence-corrected chi connectivity index (χ1v) is 11.0. The molecule has 0 aliphatic heterocycles. The molecule has 0 saturated carbocycles. The van der Waals surface area contributed by atoms with E-state index in [0.717, 1.165) is 40.7 Å². The van der Waals surface area contributed by atoms with Gasteiger partial charge in [-0.05, 0) is 59.9 Å². The smallest absolute Gasteiger partial charge is 0.259 e. The number of ether oxygens (including phenoxy) is 1. The molecule has 0 radical (unpaired) electrons. The van der Waals surface area contributed by atoms with Gasteiger partial charge in [0.05, 0.1) is 18.2 Å². The Morgan fingerprint density at radius 1 is 1.34 bits per heavy atom. The van der Waals surface area contributed by atoms with Gasteiger partial charge in [-0.1, -0.05) is 17.8 Å². The number of benzene rings is 1. The van der Waals surface area contributed by atoms with Crippen LogP contribution in [0.3, 0.4) is 0 Å². The van der Waals surface area contributed by atoms with E-state index in [1.54, 1.807) is 23.1 Å². The van der Waals surface area contributed by atoms with Crippen molar-refractivity contribution in [3.63, 3.8) is 0 Å². The summed E-state index contributed by atoms with van der Waals surface area (Å²) in [6, 6.07) is 5.84. The van der Waals surface area contributed by atoms with Crippen molar-refractivity contribution in [1.82, 2.24) is 30.2 Å². The standard InChI is InChI=1S/C19H18N6O2S2/c1-10-6-7-13(27-2)12(8-10)25-19(22-23-24-25)28-9-15-20-17(26)16-11-4-3-5-14(11)29-18(16)21-15/h6-8H,3-5,9H2,1-2H3,(H,20,21,26). The second kappa shape index (κ2) is 7.27. The van der Waals surface area contributed by atoms with Crippen molar-refractivity contribution in [3.05, 3.63) is 50.4 Å². The van der Waals surface area contributed by atoms with Gasteiger partial charge in [-0.3, -0.25) is 4.79 Å². The van der Waals surface area contributed by atoms with Gasteiger partial charge in [0.25, 0.3) is 5.56 Å². The number of thioether (sulfide) groups is 1. The van der Waals surface area contributed by atoms with E-state index in [2.05, 4.69) is 25.5 Å². The highest BCUT2D eigenvalue weighted by atomic mass is 32.2. The van der Waals surface area contributed by atoms with Crippen LogP contribution in [0.25, 0.3) is 15.9 Å². The van der Waals surface area contributed by atoms with Crippen molar-refractivity contribution in [2.75, 3.05) is 7.11 Å². The molecule has 8 nitrogen and oxygen atoms in total. The SMILES string of the molecule is COc1ccc(C)cc1-n1nnnc1SCc1nc2sc3c(c2c(=O)[nH]1)CCC3. The first-order chi connectivity index (χ1) is 14.1. The fourth-order valence-corrected chi connectivity index (χ4v) is 5.67. The number of nitrogens with one attached hydrogen (secondary N) is 1. The fourth-order valence-electron chi connectivity index (χ4n) is 3.63. The van der Waals surface area contributed by atoms with Crippen LogP contribution in [0.15, 0.2) is 28.2 Å². The summed E-state index contributed by atoms with van der Waals surface area (Å²) in [6.07, 6.45) is 3.15. The van der Waals surface area contributed by atoms with Crippen LogP contribution in [-0.2, 0) is 18.6 Å². The molecule has 0 atom stereocenters. The van der Waals surface area contributed by atoms with Crippen molar-refractivity contribution in [1.29, 1.82) is 0 Å². The Morgan fingerprint density at radius 2 is 2.24 bits per heavy atom. The van der Waals surface area contributed by atoms with Gasteiger partial charge in [0, 0.05) is 4.88 Å². The maximum atomic E-state index is 12.6. The van der Waals surface area contributed by atoms with E-state index in [9.17, 15) is 4.79 Å². The van der Waals surface area contributed by atoms with Gasteiger partial charge in [0.2, 0.25) is 5.16 Å². The lowest BCUT2D eigenvalue weighted by Crippen LogP contribution is -2.11. The molecular weight excluding hydrogens is 408 g/mol. The first kappa shape index (κ1) is 18.3. The average molecular weight is 427 g/mol. The lowest BCUT2D eigenvalue weighted by atomic mass is 10.2. The Hall–Kier alpha value is -2.72. The second-order valence-corrected chi connectivity index (χ2v) is 8.91. The summed E-state index contributed by atoms with van der Waals surface area (Å²) in [6.45, 7) is 2.00. The van der Waals surface area contributed by atoms with E-state index in [0.29, 0.717) is 22.5 Å². The van der Waals surface area contributed by atoms with Crippen LogP contribution in [-0.4, -0.2) is 37.3 Å². The fraction of sp³-hybridized carbons (Fsp3) is 0.316. The van der Waals surface area contributed by atoms with Crippen LogP contribution in [0, 0.1) is 6.92 Å². The molecule has 3 aromatic heterocycles. The number of aromatic amines is 1. The zero-order valence-corrected chi connectivity index (χ0v) is 17.6. The van der Waals surface area contributed by atoms with Gasteiger partial charge >= 0.3 is 0 Å². The third-order valence-electron chi connectivity index (χ3n) is 4.97. The summed E-state index contributed by atoms with van der Waals surface area (Å²) in [4.78, 5) is 22.4. The molecule has 0 saturated heterocycles. The summed E-state index contributed by atoms with van der Waals surface area (Å²) < 4.78 is 7.10. The van der Waals surface area contributed by atoms with E-state index >= 15 is 0 Å². The third kappa shape index (κ3) is 3.22.